The molecular formula is C20H28BO2-. The second kappa shape index (κ2) is 4.84. The number of hydrogen-bond donors (Lipinski definition) is 0. The van der Waals surface area contributed by atoms with Gasteiger partial charge in [0, 0.05) is 11.2 Å². The van der Waals surface area contributed by atoms with Gasteiger partial charge in [0.25, 0.3) is 6.55 Å². The Morgan fingerprint density at radius 3 is 1.83 bits per heavy atom. The van der Waals surface area contributed by atoms with E-state index in [0.717, 1.165) is 5.46 Å². The topological polar surface area (TPSA) is 18.5 Å². The van der Waals surface area contributed by atoms with E-state index in [0.29, 0.717) is 0 Å². The van der Waals surface area contributed by atoms with Gasteiger partial charge in [-0.05, 0) is 38.5 Å². The van der Waals surface area contributed by atoms with Crippen LogP contribution in [0.15, 0.2) is 42.5 Å². The lowest BCUT2D eigenvalue weighted by Crippen LogP contribution is -2.58. The minimum Gasteiger partial charge on any atom is -0.558 e. The van der Waals surface area contributed by atoms with Crippen molar-refractivity contribution in [3.8, 4) is 0 Å². The first kappa shape index (κ1) is 16.5. The maximum absolute atomic E-state index is 6.69. The Morgan fingerprint density at radius 1 is 0.783 bits per heavy atom. The molecule has 0 bridgehead atoms. The highest BCUT2D eigenvalue weighted by Gasteiger charge is 2.56. The fourth-order valence-corrected chi connectivity index (χ4v) is 3.57. The molecule has 3 heteroatoms. The SMILES string of the molecule is CC(C)(C)[B-]1(c2ccc3ccccc3c2)OC(C)(C)C(C)(C)O1. The van der Waals surface area contributed by atoms with Gasteiger partial charge in [0.1, 0.15) is 0 Å². The third-order valence-electron chi connectivity index (χ3n) is 5.72. The van der Waals surface area contributed by atoms with Crippen LogP contribution in [0.5, 0.6) is 0 Å². The molecule has 0 radical (unpaired) electrons. The Bertz CT molecular complexity index is 725. The highest BCUT2D eigenvalue weighted by atomic mass is 16.7. The molecule has 3 rings (SSSR count). The monoisotopic (exact) mass is 311 g/mol. The lowest BCUT2D eigenvalue weighted by atomic mass is 9.36. The van der Waals surface area contributed by atoms with Crippen LogP contribution < -0.4 is 5.46 Å². The van der Waals surface area contributed by atoms with Gasteiger partial charge in [-0.2, -0.15) is 5.46 Å². The van der Waals surface area contributed by atoms with E-state index in [4.69, 9.17) is 9.31 Å². The Hall–Kier alpha value is -1.32. The molecular weight excluding hydrogens is 283 g/mol. The molecule has 0 unspecified atom stereocenters. The zero-order valence-electron chi connectivity index (χ0n) is 15.4. The van der Waals surface area contributed by atoms with E-state index < -0.39 is 6.55 Å². The number of hydrogen-bond acceptors (Lipinski definition) is 2. The summed E-state index contributed by atoms with van der Waals surface area (Å²) in [5.41, 5.74) is 0.465. The van der Waals surface area contributed by atoms with Crippen LogP contribution in [0.3, 0.4) is 0 Å². The fraction of sp³-hybridized carbons (Fsp3) is 0.500. The molecule has 0 atom stereocenters. The summed E-state index contributed by atoms with van der Waals surface area (Å²) >= 11 is 0. The van der Waals surface area contributed by atoms with E-state index in [1.54, 1.807) is 0 Å². The van der Waals surface area contributed by atoms with Crippen molar-refractivity contribution in [1.29, 1.82) is 0 Å². The largest absolute Gasteiger partial charge is 0.558 e. The predicted octanol–water partition coefficient (Wildman–Crippen LogP) is 4.89. The Kier molecular flexibility index (Phi) is 3.48. The molecule has 0 amide bonds. The average Bonchev–Trinajstić information content (AvgIpc) is 2.64. The molecule has 2 aromatic carbocycles. The Labute approximate surface area is 140 Å². The van der Waals surface area contributed by atoms with Gasteiger partial charge in [-0.15, -0.1) is 5.31 Å². The van der Waals surface area contributed by atoms with Gasteiger partial charge >= 0.3 is 0 Å². The van der Waals surface area contributed by atoms with Gasteiger partial charge in [0.15, 0.2) is 0 Å². The van der Waals surface area contributed by atoms with Gasteiger partial charge in [-0.1, -0.05) is 63.2 Å². The van der Waals surface area contributed by atoms with Gasteiger partial charge in [0.2, 0.25) is 0 Å². The van der Waals surface area contributed by atoms with Gasteiger partial charge in [-0.25, -0.2) is 0 Å². The van der Waals surface area contributed by atoms with Crippen LogP contribution in [0.4, 0.5) is 0 Å². The van der Waals surface area contributed by atoms with E-state index in [1.165, 1.54) is 10.8 Å². The van der Waals surface area contributed by atoms with Crippen molar-refractivity contribution in [3.05, 3.63) is 42.5 Å². The van der Waals surface area contributed by atoms with Gasteiger partial charge < -0.3 is 9.31 Å². The van der Waals surface area contributed by atoms with Crippen LogP contribution in [0, 0.1) is 0 Å². The quantitative estimate of drug-likeness (QED) is 0.698. The molecule has 1 aliphatic heterocycles. The van der Waals surface area contributed by atoms with Crippen molar-refractivity contribution in [3.63, 3.8) is 0 Å². The predicted molar refractivity (Wildman–Crippen MR) is 99.4 cm³/mol. The summed E-state index contributed by atoms with van der Waals surface area (Å²) in [6.07, 6.45) is 0. The molecule has 0 aromatic heterocycles. The summed E-state index contributed by atoms with van der Waals surface area (Å²) in [5.74, 6) is 0. The number of rotatable bonds is 1. The second-order valence-corrected chi connectivity index (χ2v) is 8.94. The van der Waals surface area contributed by atoms with Crippen LogP contribution in [-0.2, 0) is 9.31 Å². The maximum Gasteiger partial charge on any atom is 0.275 e. The Morgan fingerprint density at radius 2 is 1.30 bits per heavy atom. The molecule has 0 saturated carbocycles. The van der Waals surface area contributed by atoms with E-state index >= 15 is 0 Å². The molecule has 1 heterocycles. The highest BCUT2D eigenvalue weighted by Crippen LogP contribution is 2.51. The number of fused-ring (bicyclic) bond motifs is 1. The van der Waals surface area contributed by atoms with Gasteiger partial charge in [0.05, 0.1) is 0 Å². The van der Waals surface area contributed by atoms with Crippen LogP contribution in [-0.4, -0.2) is 17.8 Å². The molecule has 1 saturated heterocycles. The zero-order chi connectivity index (χ0) is 17.1. The van der Waals surface area contributed by atoms with Crippen molar-refractivity contribution in [2.45, 2.75) is 65.0 Å². The lowest BCUT2D eigenvalue weighted by Gasteiger charge is -2.49. The van der Waals surface area contributed by atoms with E-state index in [1.807, 2.05) is 0 Å². The van der Waals surface area contributed by atoms with Crippen molar-refractivity contribution in [2.24, 2.45) is 0 Å². The molecule has 23 heavy (non-hydrogen) atoms. The second-order valence-electron chi connectivity index (χ2n) is 8.94. The van der Waals surface area contributed by atoms with Crippen molar-refractivity contribution >= 4 is 22.8 Å². The first-order valence-corrected chi connectivity index (χ1v) is 8.52. The minimum absolute atomic E-state index is 0.131. The molecule has 2 nitrogen and oxygen atoms in total. The van der Waals surface area contributed by atoms with E-state index in [2.05, 4.69) is 90.9 Å². The summed E-state index contributed by atoms with van der Waals surface area (Å²) in [5, 5.41) is 2.34. The average molecular weight is 311 g/mol. The van der Waals surface area contributed by atoms with Crippen LogP contribution in [0.1, 0.15) is 48.5 Å². The van der Waals surface area contributed by atoms with Crippen LogP contribution >= 0.6 is 0 Å². The van der Waals surface area contributed by atoms with Crippen LogP contribution in [0.2, 0.25) is 5.31 Å². The Balaban J connectivity index is 2.21. The normalized spacial score (nSPS) is 22.4. The van der Waals surface area contributed by atoms with E-state index in [-0.39, 0.29) is 16.5 Å². The fourth-order valence-electron chi connectivity index (χ4n) is 3.57. The van der Waals surface area contributed by atoms with Gasteiger partial charge in [-0.3, -0.25) is 0 Å². The molecule has 1 aliphatic rings. The molecule has 0 aliphatic carbocycles. The minimum atomic E-state index is -1.59. The summed E-state index contributed by atoms with van der Waals surface area (Å²) in [6.45, 7) is 13.5. The highest BCUT2D eigenvalue weighted by molar-refractivity contribution is 6.84. The summed E-state index contributed by atoms with van der Waals surface area (Å²) in [4.78, 5) is 0. The summed E-state index contributed by atoms with van der Waals surface area (Å²) in [6, 6.07) is 15.0. The first-order chi connectivity index (χ1) is 10.5. The third kappa shape index (κ3) is 2.41. The molecule has 124 valence electrons. The smallest absolute Gasteiger partial charge is 0.275 e. The molecule has 0 N–H and O–H groups in total. The standard InChI is InChI=1S/C20H28BO2/c1-18(2,3)21(22-19(4,5)20(6,7)23-21)17-13-12-15-10-8-9-11-16(15)14-17/h8-14H,1-7H3/q-1. The summed E-state index contributed by atoms with van der Waals surface area (Å²) in [7, 11) is 0. The summed E-state index contributed by atoms with van der Waals surface area (Å²) < 4.78 is 13.4. The third-order valence-corrected chi connectivity index (χ3v) is 5.72. The maximum atomic E-state index is 6.69. The van der Waals surface area contributed by atoms with Crippen molar-refractivity contribution in [1.82, 2.24) is 0 Å². The molecule has 0 spiro atoms. The van der Waals surface area contributed by atoms with Crippen LogP contribution in [0.25, 0.3) is 10.8 Å². The number of benzene rings is 2. The van der Waals surface area contributed by atoms with Crippen molar-refractivity contribution < 1.29 is 9.31 Å². The van der Waals surface area contributed by atoms with Crippen molar-refractivity contribution in [2.75, 3.05) is 0 Å². The first-order valence-electron chi connectivity index (χ1n) is 8.52. The molecule has 2 aromatic rings. The zero-order valence-corrected chi connectivity index (χ0v) is 15.4. The lowest BCUT2D eigenvalue weighted by molar-refractivity contribution is 0.00578. The van der Waals surface area contributed by atoms with E-state index in [9.17, 15) is 0 Å². The molecule has 1 fully saturated rings.